The van der Waals surface area contributed by atoms with E-state index in [2.05, 4.69) is 20.7 Å². The molecule has 32 heavy (non-hydrogen) atoms. The molecule has 2 aliphatic heterocycles. The molecule has 2 N–H and O–H groups in total. The highest BCUT2D eigenvalue weighted by Crippen LogP contribution is 2.36. The number of imidazole rings is 1. The Labute approximate surface area is 184 Å². The van der Waals surface area contributed by atoms with Crippen LogP contribution < -0.4 is 15.5 Å². The summed E-state index contributed by atoms with van der Waals surface area (Å²) in [5.74, 6) is 0.197. The molecule has 2 saturated heterocycles. The molecule has 168 valence electrons. The summed E-state index contributed by atoms with van der Waals surface area (Å²) in [5, 5.41) is 10.9. The molecular weight excluding hydrogens is 416 g/mol. The summed E-state index contributed by atoms with van der Waals surface area (Å²) < 4.78 is 29.8. The third-order valence-corrected chi connectivity index (χ3v) is 6.10. The molecule has 2 unspecified atom stereocenters. The molecule has 0 spiro atoms. The van der Waals surface area contributed by atoms with Gasteiger partial charge in [0, 0.05) is 37.8 Å². The van der Waals surface area contributed by atoms with Gasteiger partial charge in [0.1, 0.15) is 17.5 Å². The molecule has 10 heteroatoms. The first-order chi connectivity index (χ1) is 15.5. The number of amides is 2. The van der Waals surface area contributed by atoms with E-state index < -0.39 is 11.6 Å². The minimum absolute atomic E-state index is 0.201. The maximum absolute atomic E-state index is 14.4. The summed E-state index contributed by atoms with van der Waals surface area (Å²) in [6, 6.07) is 6.91. The molecule has 0 aliphatic carbocycles. The lowest BCUT2D eigenvalue weighted by Crippen LogP contribution is -2.52. The molecule has 2 aromatic heterocycles. The van der Waals surface area contributed by atoms with Gasteiger partial charge in [0.2, 0.25) is 0 Å². The number of hydrogen-bond donors (Lipinski definition) is 2. The predicted molar refractivity (Wildman–Crippen MR) is 117 cm³/mol. The van der Waals surface area contributed by atoms with E-state index in [0.717, 1.165) is 25.1 Å². The van der Waals surface area contributed by atoms with Crippen molar-refractivity contribution in [3.8, 4) is 0 Å². The second-order valence-corrected chi connectivity index (χ2v) is 8.35. The Kier molecular flexibility index (Phi) is 5.38. The molecular formula is C22H25F2N7O. The van der Waals surface area contributed by atoms with Gasteiger partial charge >= 0.3 is 6.03 Å². The number of piperazine rings is 1. The summed E-state index contributed by atoms with van der Waals surface area (Å²) in [6.45, 7) is 4.71. The highest BCUT2D eigenvalue weighted by Gasteiger charge is 2.30. The standard InChI is InChI=1S/C22H25F2N7O/c1-14-13-29(10-8-25-14)22(32)27-21-12-26-19-6-7-20(28-31(19)21)30-9-2-3-18(30)16-11-15(23)4-5-17(16)24/h4-7,11-12,14,18,25H,2-3,8-10,13H2,1H3,(H,27,32). The van der Waals surface area contributed by atoms with E-state index in [1.807, 2.05) is 24.0 Å². The molecule has 3 aromatic rings. The van der Waals surface area contributed by atoms with Gasteiger partial charge in [-0.15, -0.1) is 5.10 Å². The predicted octanol–water partition coefficient (Wildman–Crippen LogP) is 3.17. The number of urea groups is 1. The first kappa shape index (κ1) is 20.6. The van der Waals surface area contributed by atoms with Gasteiger partial charge in [-0.25, -0.2) is 18.6 Å². The monoisotopic (exact) mass is 441 g/mol. The van der Waals surface area contributed by atoms with E-state index in [1.165, 1.54) is 6.07 Å². The van der Waals surface area contributed by atoms with Crippen LogP contribution in [0.1, 0.15) is 31.4 Å². The number of carbonyl (C=O) groups is 1. The fourth-order valence-electron chi connectivity index (χ4n) is 4.54. The molecule has 4 heterocycles. The zero-order valence-electron chi connectivity index (χ0n) is 17.8. The van der Waals surface area contributed by atoms with Crippen molar-refractivity contribution in [2.75, 3.05) is 36.4 Å². The topological polar surface area (TPSA) is 77.8 Å². The van der Waals surface area contributed by atoms with Crippen molar-refractivity contribution >= 4 is 23.3 Å². The molecule has 0 radical (unpaired) electrons. The molecule has 5 rings (SSSR count). The lowest BCUT2D eigenvalue weighted by atomic mass is 10.0. The van der Waals surface area contributed by atoms with Crippen LogP contribution in [0.5, 0.6) is 0 Å². The first-order valence-electron chi connectivity index (χ1n) is 10.9. The van der Waals surface area contributed by atoms with Gasteiger partial charge in [-0.1, -0.05) is 0 Å². The second kappa shape index (κ2) is 8.34. The minimum atomic E-state index is -0.460. The quantitative estimate of drug-likeness (QED) is 0.653. The number of nitrogens with zero attached hydrogens (tertiary/aromatic N) is 5. The van der Waals surface area contributed by atoms with Crippen molar-refractivity contribution in [3.63, 3.8) is 0 Å². The average molecular weight is 441 g/mol. The van der Waals surface area contributed by atoms with Gasteiger partial charge < -0.3 is 15.1 Å². The second-order valence-electron chi connectivity index (χ2n) is 8.35. The minimum Gasteiger partial charge on any atom is -0.348 e. The highest BCUT2D eigenvalue weighted by atomic mass is 19.1. The molecule has 0 saturated carbocycles. The maximum Gasteiger partial charge on any atom is 0.323 e. The van der Waals surface area contributed by atoms with E-state index in [9.17, 15) is 13.6 Å². The third kappa shape index (κ3) is 3.86. The first-order valence-corrected chi connectivity index (χ1v) is 10.9. The Morgan fingerprint density at radius 1 is 1.22 bits per heavy atom. The van der Waals surface area contributed by atoms with Crippen LogP contribution in [-0.4, -0.2) is 57.7 Å². The molecule has 0 bridgehead atoms. The lowest BCUT2D eigenvalue weighted by Gasteiger charge is -2.31. The van der Waals surface area contributed by atoms with Crippen LogP contribution in [-0.2, 0) is 0 Å². The van der Waals surface area contributed by atoms with Crippen molar-refractivity contribution in [1.29, 1.82) is 0 Å². The largest absolute Gasteiger partial charge is 0.348 e. The van der Waals surface area contributed by atoms with Gasteiger partial charge in [0.05, 0.1) is 12.2 Å². The third-order valence-electron chi connectivity index (χ3n) is 6.10. The summed E-state index contributed by atoms with van der Waals surface area (Å²) >= 11 is 0. The van der Waals surface area contributed by atoms with Crippen molar-refractivity contribution in [2.45, 2.75) is 31.8 Å². The normalized spacial score (nSPS) is 21.3. The Bertz CT molecular complexity index is 1150. The lowest BCUT2D eigenvalue weighted by molar-refractivity contribution is 0.192. The van der Waals surface area contributed by atoms with Gasteiger partial charge in [-0.2, -0.15) is 4.52 Å². The van der Waals surface area contributed by atoms with Crippen molar-refractivity contribution in [3.05, 3.63) is 53.7 Å². The van der Waals surface area contributed by atoms with Crippen LogP contribution in [0.2, 0.25) is 0 Å². The fourth-order valence-corrected chi connectivity index (χ4v) is 4.54. The van der Waals surface area contributed by atoms with E-state index in [4.69, 9.17) is 0 Å². The van der Waals surface area contributed by atoms with Crippen LogP contribution in [0, 0.1) is 11.6 Å². The van der Waals surface area contributed by atoms with E-state index >= 15 is 0 Å². The van der Waals surface area contributed by atoms with E-state index in [1.54, 1.807) is 15.6 Å². The van der Waals surface area contributed by atoms with Gasteiger partial charge in [0.25, 0.3) is 0 Å². The molecule has 1 aromatic carbocycles. The summed E-state index contributed by atoms with van der Waals surface area (Å²) in [5.41, 5.74) is 0.918. The number of hydrogen-bond acceptors (Lipinski definition) is 5. The van der Waals surface area contributed by atoms with Crippen LogP contribution >= 0.6 is 0 Å². The molecule has 2 fully saturated rings. The van der Waals surface area contributed by atoms with Gasteiger partial charge in [-0.05, 0) is 50.1 Å². The molecule has 2 amide bonds. The van der Waals surface area contributed by atoms with Crippen LogP contribution in [0.3, 0.4) is 0 Å². The SMILES string of the molecule is CC1CN(C(=O)Nc2cnc3ccc(N4CCCC4c4cc(F)ccc4F)nn23)CCN1. The van der Waals surface area contributed by atoms with Crippen LogP contribution in [0.25, 0.3) is 5.65 Å². The number of fused-ring (bicyclic) bond motifs is 1. The highest BCUT2D eigenvalue weighted by molar-refractivity contribution is 5.88. The number of benzene rings is 1. The Balaban J connectivity index is 1.42. The van der Waals surface area contributed by atoms with Crippen LogP contribution in [0.15, 0.2) is 36.5 Å². The molecule has 2 aliphatic rings. The Hall–Kier alpha value is -3.27. The summed E-state index contributed by atoms with van der Waals surface area (Å²) in [7, 11) is 0. The van der Waals surface area contributed by atoms with E-state index in [0.29, 0.717) is 48.9 Å². The molecule has 2 atom stereocenters. The number of nitrogens with one attached hydrogen (secondary N) is 2. The number of anilines is 2. The Morgan fingerprint density at radius 3 is 2.94 bits per heavy atom. The number of carbonyl (C=O) groups excluding carboxylic acids is 1. The summed E-state index contributed by atoms with van der Waals surface area (Å²) in [4.78, 5) is 20.8. The molecule has 8 nitrogen and oxygen atoms in total. The van der Waals surface area contributed by atoms with Gasteiger partial charge in [0.15, 0.2) is 11.5 Å². The zero-order valence-corrected chi connectivity index (χ0v) is 17.8. The van der Waals surface area contributed by atoms with Gasteiger partial charge in [-0.3, -0.25) is 5.32 Å². The zero-order chi connectivity index (χ0) is 22.2. The Morgan fingerprint density at radius 2 is 2.09 bits per heavy atom. The van der Waals surface area contributed by atoms with Crippen molar-refractivity contribution in [2.24, 2.45) is 0 Å². The average Bonchev–Trinajstić information content (AvgIpc) is 3.42. The van der Waals surface area contributed by atoms with Crippen molar-refractivity contribution in [1.82, 2.24) is 24.8 Å². The fraction of sp³-hybridized carbons (Fsp3) is 0.409. The van der Waals surface area contributed by atoms with Crippen molar-refractivity contribution < 1.29 is 13.6 Å². The number of rotatable bonds is 3. The maximum atomic E-state index is 14.4. The number of halogens is 2. The summed E-state index contributed by atoms with van der Waals surface area (Å²) in [6.07, 6.45) is 3.12. The van der Waals surface area contributed by atoms with Crippen LogP contribution in [0.4, 0.5) is 25.2 Å². The van der Waals surface area contributed by atoms with E-state index in [-0.39, 0.29) is 18.1 Å². The smallest absolute Gasteiger partial charge is 0.323 e. The number of aromatic nitrogens is 3.